The summed E-state index contributed by atoms with van der Waals surface area (Å²) in [5.41, 5.74) is -0.150. The van der Waals surface area contributed by atoms with Crippen molar-refractivity contribution in [1.29, 1.82) is 0 Å². The average Bonchev–Trinajstić information content (AvgIpc) is 2.78. The van der Waals surface area contributed by atoms with Gasteiger partial charge in [-0.1, -0.05) is 36.4 Å². The van der Waals surface area contributed by atoms with Crippen LogP contribution >= 0.6 is 0 Å². The van der Waals surface area contributed by atoms with Crippen molar-refractivity contribution in [2.45, 2.75) is 23.9 Å². The number of hydrogen-bond acceptors (Lipinski definition) is 3. The first-order valence-corrected chi connectivity index (χ1v) is 11.3. The van der Waals surface area contributed by atoms with Crippen LogP contribution < -0.4 is 9.62 Å². The summed E-state index contributed by atoms with van der Waals surface area (Å²) in [6, 6.07) is 17.2. The number of benzene rings is 3. The molecule has 3 aromatic carbocycles. The van der Waals surface area contributed by atoms with Gasteiger partial charge in [-0.25, -0.2) is 8.42 Å². The van der Waals surface area contributed by atoms with Crippen LogP contribution in [0.25, 0.3) is 0 Å². The molecule has 0 fully saturated rings. The van der Waals surface area contributed by atoms with E-state index in [1.165, 1.54) is 34.6 Å². The number of aryl methyl sites for hydroxylation is 1. The average molecular weight is 460 g/mol. The van der Waals surface area contributed by atoms with Crippen molar-refractivity contribution in [3.05, 3.63) is 89.5 Å². The number of carbonyl (C=O) groups excluding carboxylic acids is 1. The van der Waals surface area contributed by atoms with Crippen molar-refractivity contribution >= 4 is 27.3 Å². The van der Waals surface area contributed by atoms with Gasteiger partial charge < -0.3 is 5.32 Å². The molecule has 4 rings (SSSR count). The first-order chi connectivity index (χ1) is 15.2. The van der Waals surface area contributed by atoms with Gasteiger partial charge in [-0.05, 0) is 54.8 Å². The Morgan fingerprint density at radius 3 is 2.34 bits per heavy atom. The minimum absolute atomic E-state index is 0.140. The maximum Gasteiger partial charge on any atom is 0.417 e. The highest BCUT2D eigenvalue weighted by Crippen LogP contribution is 2.35. The molecule has 1 aliphatic heterocycles. The molecule has 0 bridgehead atoms. The second kappa shape index (κ2) is 8.31. The molecule has 0 saturated heterocycles. The predicted molar refractivity (Wildman–Crippen MR) is 115 cm³/mol. The van der Waals surface area contributed by atoms with Gasteiger partial charge in [0.25, 0.3) is 15.9 Å². The Hall–Kier alpha value is -3.33. The van der Waals surface area contributed by atoms with E-state index in [1.54, 1.807) is 30.3 Å². The van der Waals surface area contributed by atoms with Gasteiger partial charge in [0.05, 0.1) is 21.7 Å². The molecule has 0 radical (unpaired) electrons. The van der Waals surface area contributed by atoms with E-state index in [4.69, 9.17) is 0 Å². The van der Waals surface area contributed by atoms with Crippen molar-refractivity contribution in [2.24, 2.45) is 0 Å². The Labute approximate surface area is 183 Å². The topological polar surface area (TPSA) is 66.5 Å². The van der Waals surface area contributed by atoms with Gasteiger partial charge in [-0.2, -0.15) is 13.2 Å². The maximum atomic E-state index is 13.3. The smallest absolute Gasteiger partial charge is 0.322 e. The number of halogens is 3. The highest BCUT2D eigenvalue weighted by molar-refractivity contribution is 7.92. The van der Waals surface area contributed by atoms with Crippen LogP contribution in [0.4, 0.5) is 24.5 Å². The van der Waals surface area contributed by atoms with Crippen molar-refractivity contribution in [1.82, 2.24) is 0 Å². The molecule has 0 unspecified atom stereocenters. The summed E-state index contributed by atoms with van der Waals surface area (Å²) < 4.78 is 67.4. The molecule has 1 aliphatic rings. The monoisotopic (exact) mass is 460 g/mol. The Bertz CT molecular complexity index is 1260. The molecule has 1 N–H and O–H groups in total. The van der Waals surface area contributed by atoms with Crippen LogP contribution in [0.3, 0.4) is 0 Å². The van der Waals surface area contributed by atoms with Crippen LogP contribution in [0.2, 0.25) is 0 Å². The molecule has 32 heavy (non-hydrogen) atoms. The summed E-state index contributed by atoms with van der Waals surface area (Å²) in [5.74, 6) is -0.925. The fraction of sp³-hybridized carbons (Fsp3) is 0.174. The molecule has 1 heterocycles. The zero-order valence-corrected chi connectivity index (χ0v) is 17.6. The van der Waals surface area contributed by atoms with E-state index in [2.05, 4.69) is 5.32 Å². The highest BCUT2D eigenvalue weighted by atomic mass is 32.2. The van der Waals surface area contributed by atoms with Gasteiger partial charge in [-0.15, -0.1) is 0 Å². The van der Waals surface area contributed by atoms with Crippen molar-refractivity contribution in [2.75, 3.05) is 16.2 Å². The summed E-state index contributed by atoms with van der Waals surface area (Å²) in [4.78, 5) is 12.7. The van der Waals surface area contributed by atoms with E-state index in [1.807, 2.05) is 0 Å². The number of nitrogens with one attached hydrogen (secondary N) is 1. The molecule has 0 aliphatic carbocycles. The van der Waals surface area contributed by atoms with Crippen molar-refractivity contribution < 1.29 is 26.4 Å². The van der Waals surface area contributed by atoms with Gasteiger partial charge in [-0.3, -0.25) is 9.10 Å². The molecule has 0 aromatic heterocycles. The normalized spacial score (nSPS) is 14.0. The maximum absolute atomic E-state index is 13.3. The van der Waals surface area contributed by atoms with Gasteiger partial charge in [0.15, 0.2) is 0 Å². The first-order valence-electron chi connectivity index (χ1n) is 9.86. The first kappa shape index (κ1) is 21.9. The standard InChI is InChI=1S/C23H19F3N2O3S/c24-23(25,26)20-11-5-4-10-19(20)22(29)27-17-13-12-16-7-6-14-28(21(16)15-17)32(30,31)18-8-2-1-3-9-18/h1-5,8-13,15H,6-7,14H2,(H,27,29). The van der Waals surface area contributed by atoms with Gasteiger partial charge >= 0.3 is 6.18 Å². The summed E-state index contributed by atoms with van der Waals surface area (Å²) >= 11 is 0. The molecule has 0 saturated carbocycles. The molecular formula is C23H19F3N2O3S. The van der Waals surface area contributed by atoms with Crippen molar-refractivity contribution in [3.8, 4) is 0 Å². The third-order valence-corrected chi connectivity index (χ3v) is 7.05. The van der Waals surface area contributed by atoms with E-state index in [-0.39, 0.29) is 17.1 Å². The number of amides is 1. The quantitative estimate of drug-likeness (QED) is 0.589. The lowest BCUT2D eigenvalue weighted by molar-refractivity contribution is -0.137. The number of alkyl halides is 3. The lowest BCUT2D eigenvalue weighted by Crippen LogP contribution is -2.35. The molecule has 0 atom stereocenters. The minimum atomic E-state index is -4.68. The number of fused-ring (bicyclic) bond motifs is 1. The van der Waals surface area contributed by atoms with Crippen LogP contribution in [-0.2, 0) is 22.6 Å². The highest BCUT2D eigenvalue weighted by Gasteiger charge is 2.35. The Kier molecular flexibility index (Phi) is 5.68. The zero-order chi connectivity index (χ0) is 22.9. The Morgan fingerprint density at radius 2 is 1.62 bits per heavy atom. The lowest BCUT2D eigenvalue weighted by Gasteiger charge is -2.31. The molecule has 3 aromatic rings. The van der Waals surface area contributed by atoms with E-state index >= 15 is 0 Å². The minimum Gasteiger partial charge on any atom is -0.322 e. The second-order valence-corrected chi connectivity index (χ2v) is 9.20. The van der Waals surface area contributed by atoms with Gasteiger partial charge in [0.1, 0.15) is 0 Å². The van der Waals surface area contributed by atoms with Gasteiger partial charge in [0.2, 0.25) is 0 Å². The number of anilines is 2. The molecule has 0 spiro atoms. The van der Waals surface area contributed by atoms with E-state index < -0.39 is 33.2 Å². The molecule has 9 heteroatoms. The number of rotatable bonds is 4. The number of nitrogens with zero attached hydrogens (tertiary/aromatic N) is 1. The molecule has 5 nitrogen and oxygen atoms in total. The Balaban J connectivity index is 1.67. The van der Waals surface area contributed by atoms with Crippen LogP contribution in [0.15, 0.2) is 77.7 Å². The largest absolute Gasteiger partial charge is 0.417 e. The summed E-state index contributed by atoms with van der Waals surface area (Å²) in [7, 11) is -3.83. The molecular weight excluding hydrogens is 441 g/mol. The summed E-state index contributed by atoms with van der Waals surface area (Å²) in [5, 5.41) is 2.47. The second-order valence-electron chi connectivity index (χ2n) is 7.33. The van der Waals surface area contributed by atoms with Crippen molar-refractivity contribution in [3.63, 3.8) is 0 Å². The van der Waals surface area contributed by atoms with E-state index in [0.29, 0.717) is 18.5 Å². The Morgan fingerprint density at radius 1 is 0.938 bits per heavy atom. The third kappa shape index (κ3) is 4.20. The SMILES string of the molecule is O=C(Nc1ccc2c(c1)N(S(=O)(=O)c1ccccc1)CCC2)c1ccccc1C(F)(F)F. The number of carbonyl (C=O) groups is 1. The van der Waals surface area contributed by atoms with Crippen LogP contribution in [0.5, 0.6) is 0 Å². The lowest BCUT2D eigenvalue weighted by atomic mass is 10.0. The summed E-state index contributed by atoms with van der Waals surface area (Å²) in [6.45, 7) is 0.262. The van der Waals surface area contributed by atoms with Crippen LogP contribution in [-0.4, -0.2) is 20.9 Å². The van der Waals surface area contributed by atoms with Crippen LogP contribution in [0.1, 0.15) is 27.9 Å². The zero-order valence-electron chi connectivity index (χ0n) is 16.8. The van der Waals surface area contributed by atoms with E-state index in [9.17, 15) is 26.4 Å². The third-order valence-electron chi connectivity index (χ3n) is 5.23. The van der Waals surface area contributed by atoms with Crippen LogP contribution in [0, 0.1) is 0 Å². The van der Waals surface area contributed by atoms with Gasteiger partial charge in [0, 0.05) is 12.2 Å². The molecule has 166 valence electrons. The summed E-state index contributed by atoms with van der Waals surface area (Å²) in [6.07, 6.45) is -3.39. The fourth-order valence-electron chi connectivity index (χ4n) is 3.71. The number of sulfonamides is 1. The predicted octanol–water partition coefficient (Wildman–Crippen LogP) is 5.10. The van der Waals surface area contributed by atoms with E-state index in [0.717, 1.165) is 17.7 Å². The fourth-order valence-corrected chi connectivity index (χ4v) is 5.27. The number of hydrogen-bond donors (Lipinski definition) is 1. The molecule has 1 amide bonds.